The third-order valence-electron chi connectivity index (χ3n) is 7.11. The molecule has 0 amide bonds. The molecule has 4 aliphatic carbocycles. The summed E-state index contributed by atoms with van der Waals surface area (Å²) >= 11 is 0. The van der Waals surface area contributed by atoms with Crippen molar-refractivity contribution in [2.24, 2.45) is 17.3 Å². The molecule has 0 aromatic heterocycles. The number of halogens is 4. The summed E-state index contributed by atoms with van der Waals surface area (Å²) in [5.41, 5.74) is 9.12. The molecule has 0 spiro atoms. The lowest BCUT2D eigenvalue weighted by Gasteiger charge is -2.25. The van der Waals surface area contributed by atoms with Crippen molar-refractivity contribution in [3.63, 3.8) is 0 Å². The van der Waals surface area contributed by atoms with Crippen LogP contribution in [-0.4, -0.2) is 36.8 Å². The Kier molecular flexibility index (Phi) is 4.95. The summed E-state index contributed by atoms with van der Waals surface area (Å²) in [4.78, 5) is 0. The lowest BCUT2D eigenvalue weighted by molar-refractivity contribution is -0.0955. The average molecular weight is 437 g/mol. The Labute approximate surface area is 178 Å². The van der Waals surface area contributed by atoms with Gasteiger partial charge in [-0.2, -0.15) is 13.2 Å². The first-order chi connectivity index (χ1) is 14.7. The second-order valence-corrected chi connectivity index (χ2v) is 9.30. The molecule has 4 N–H and O–H groups in total. The van der Waals surface area contributed by atoms with Crippen LogP contribution in [0.5, 0.6) is 0 Å². The van der Waals surface area contributed by atoms with Crippen molar-refractivity contribution < 1.29 is 22.7 Å². The number of hydrogen-bond acceptors (Lipinski definition) is 4. The Morgan fingerprint density at radius 3 is 2.74 bits per heavy atom. The molecule has 5 rings (SSSR count). The van der Waals surface area contributed by atoms with Crippen LogP contribution < -0.4 is 16.2 Å². The molecule has 0 radical (unpaired) electrons. The van der Waals surface area contributed by atoms with Gasteiger partial charge in [0.2, 0.25) is 0 Å². The van der Waals surface area contributed by atoms with E-state index in [1.807, 2.05) is 12.2 Å². The zero-order chi connectivity index (χ0) is 22.0. The molecule has 0 aromatic carbocycles. The summed E-state index contributed by atoms with van der Waals surface area (Å²) in [6.45, 7) is 0. The van der Waals surface area contributed by atoms with E-state index in [0.29, 0.717) is 17.4 Å². The minimum Gasteiger partial charge on any atom is -0.374 e. The summed E-state index contributed by atoms with van der Waals surface area (Å²) in [5.74, 6) is 0.864. The molecule has 5 atom stereocenters. The van der Waals surface area contributed by atoms with Crippen molar-refractivity contribution in [3.8, 4) is 0 Å². The summed E-state index contributed by atoms with van der Waals surface area (Å²) < 4.78 is 53.0. The minimum atomic E-state index is -4.50. The number of aliphatic hydroxyl groups is 1. The van der Waals surface area contributed by atoms with E-state index in [1.165, 1.54) is 11.6 Å². The quantitative estimate of drug-likeness (QED) is 0.378. The smallest absolute Gasteiger partial charge is 0.374 e. The SMILES string of the molecule is CNC(O)C1=C(C2CC2)C2CC2(C2=CC(CC3=CC(F)CC(C(F)(F)F)=C3)NN2)C=C1. The maximum atomic E-state index is 13.9. The van der Waals surface area contributed by atoms with Gasteiger partial charge in [0.25, 0.3) is 0 Å². The lowest BCUT2D eigenvalue weighted by Crippen LogP contribution is -2.35. The van der Waals surface area contributed by atoms with E-state index < -0.39 is 30.6 Å². The van der Waals surface area contributed by atoms with Crippen LogP contribution in [0.4, 0.5) is 17.6 Å². The normalized spacial score (nSPS) is 35.8. The number of alkyl halides is 4. The predicted octanol–water partition coefficient (Wildman–Crippen LogP) is 3.71. The second kappa shape index (κ2) is 7.32. The van der Waals surface area contributed by atoms with E-state index in [9.17, 15) is 22.7 Å². The van der Waals surface area contributed by atoms with Crippen LogP contribution in [-0.2, 0) is 0 Å². The largest absolute Gasteiger partial charge is 0.412 e. The van der Waals surface area contributed by atoms with E-state index in [1.54, 1.807) is 7.05 Å². The standard InChI is InChI=1S/C23H27F4N3O/c1-28-21(31)17-4-5-22(11-18(22)20(17)13-2-3-13)19-10-16(29-30-19)8-12-6-14(23(25,26)27)9-15(24)7-12/h4-7,10,13,15-16,18,21,28-31H,2-3,8-9,11H2,1H3. The predicted molar refractivity (Wildman–Crippen MR) is 109 cm³/mol. The Morgan fingerprint density at radius 1 is 1.29 bits per heavy atom. The number of rotatable bonds is 6. The highest BCUT2D eigenvalue weighted by Crippen LogP contribution is 2.67. The molecule has 5 aliphatic rings. The van der Waals surface area contributed by atoms with Gasteiger partial charge in [0.05, 0.1) is 6.04 Å². The Balaban J connectivity index is 1.33. The highest BCUT2D eigenvalue weighted by molar-refractivity contribution is 5.51. The monoisotopic (exact) mass is 437 g/mol. The van der Waals surface area contributed by atoms with Crippen LogP contribution in [0.3, 0.4) is 0 Å². The minimum absolute atomic E-state index is 0.146. The zero-order valence-electron chi connectivity index (χ0n) is 17.3. The van der Waals surface area contributed by atoms with E-state index in [2.05, 4.69) is 22.2 Å². The number of allylic oxidation sites excluding steroid dienone is 5. The van der Waals surface area contributed by atoms with Crippen LogP contribution in [0.25, 0.3) is 0 Å². The van der Waals surface area contributed by atoms with Gasteiger partial charge >= 0.3 is 6.18 Å². The fourth-order valence-corrected chi connectivity index (χ4v) is 5.34. The molecule has 0 bridgehead atoms. The summed E-state index contributed by atoms with van der Waals surface area (Å²) in [6, 6.07) is -0.209. The maximum Gasteiger partial charge on any atom is 0.412 e. The van der Waals surface area contributed by atoms with Crippen molar-refractivity contribution >= 4 is 0 Å². The molecule has 2 fully saturated rings. The Bertz CT molecular complexity index is 928. The molecule has 4 nitrogen and oxygen atoms in total. The molecule has 0 saturated heterocycles. The van der Waals surface area contributed by atoms with Crippen LogP contribution in [0.2, 0.25) is 0 Å². The van der Waals surface area contributed by atoms with Crippen LogP contribution in [0.1, 0.15) is 32.1 Å². The van der Waals surface area contributed by atoms with Gasteiger partial charge in [0, 0.05) is 23.1 Å². The van der Waals surface area contributed by atoms with Gasteiger partial charge in [-0.3, -0.25) is 5.32 Å². The van der Waals surface area contributed by atoms with Gasteiger partial charge in [-0.1, -0.05) is 23.8 Å². The van der Waals surface area contributed by atoms with Crippen molar-refractivity contribution in [2.75, 3.05) is 7.05 Å². The summed E-state index contributed by atoms with van der Waals surface area (Å²) in [5, 5.41) is 13.3. The molecular formula is C23H27F4N3O. The first-order valence-electron chi connectivity index (χ1n) is 10.9. The molecule has 2 saturated carbocycles. The number of aliphatic hydroxyl groups excluding tert-OH is 1. The molecule has 31 heavy (non-hydrogen) atoms. The first-order valence-corrected chi connectivity index (χ1v) is 10.9. The van der Waals surface area contributed by atoms with E-state index in [0.717, 1.165) is 36.6 Å². The zero-order valence-corrected chi connectivity index (χ0v) is 17.3. The molecule has 8 heteroatoms. The van der Waals surface area contributed by atoms with E-state index in [4.69, 9.17) is 0 Å². The van der Waals surface area contributed by atoms with Crippen molar-refractivity contribution in [2.45, 2.75) is 56.7 Å². The Morgan fingerprint density at radius 2 is 2.06 bits per heavy atom. The molecule has 1 aliphatic heterocycles. The first kappa shape index (κ1) is 21.0. The average Bonchev–Trinajstić information content (AvgIpc) is 3.63. The highest BCUT2D eigenvalue weighted by Gasteiger charge is 2.61. The fourth-order valence-electron chi connectivity index (χ4n) is 5.34. The van der Waals surface area contributed by atoms with Gasteiger partial charge in [-0.25, -0.2) is 9.82 Å². The number of hydrazine groups is 1. The van der Waals surface area contributed by atoms with Gasteiger partial charge in [0.1, 0.15) is 12.4 Å². The topological polar surface area (TPSA) is 56.3 Å². The lowest BCUT2D eigenvalue weighted by atomic mass is 9.84. The summed E-state index contributed by atoms with van der Waals surface area (Å²) in [7, 11) is 1.74. The Hall–Kier alpha value is -1.90. The highest BCUT2D eigenvalue weighted by atomic mass is 19.4. The van der Waals surface area contributed by atoms with Gasteiger partial charge < -0.3 is 10.5 Å². The van der Waals surface area contributed by atoms with E-state index in [-0.39, 0.29) is 17.9 Å². The van der Waals surface area contributed by atoms with Crippen molar-refractivity contribution in [1.29, 1.82) is 0 Å². The number of hydrogen-bond donors (Lipinski definition) is 4. The van der Waals surface area contributed by atoms with Crippen molar-refractivity contribution in [1.82, 2.24) is 16.2 Å². The molecule has 0 aromatic rings. The van der Waals surface area contributed by atoms with Crippen LogP contribution >= 0.6 is 0 Å². The fraction of sp³-hybridized carbons (Fsp3) is 0.565. The number of likely N-dealkylation sites (N-methyl/N-ethyl adjacent to an activating group) is 1. The second-order valence-electron chi connectivity index (χ2n) is 9.30. The van der Waals surface area contributed by atoms with Crippen molar-refractivity contribution in [3.05, 3.63) is 58.4 Å². The van der Waals surface area contributed by atoms with Crippen LogP contribution in [0.15, 0.2) is 58.4 Å². The van der Waals surface area contributed by atoms with Crippen LogP contribution in [0, 0.1) is 17.3 Å². The summed E-state index contributed by atoms with van der Waals surface area (Å²) in [6.07, 6.45) is 4.70. The number of nitrogens with one attached hydrogen (secondary N) is 3. The molecule has 168 valence electrons. The molecule has 5 unspecified atom stereocenters. The van der Waals surface area contributed by atoms with Gasteiger partial charge in [-0.05, 0) is 67.9 Å². The van der Waals surface area contributed by atoms with Gasteiger partial charge in [0.15, 0.2) is 0 Å². The number of fused-ring (bicyclic) bond motifs is 1. The van der Waals surface area contributed by atoms with Gasteiger partial charge in [-0.15, -0.1) is 0 Å². The third kappa shape index (κ3) is 3.79. The maximum absolute atomic E-state index is 13.9. The molecule has 1 heterocycles. The van der Waals surface area contributed by atoms with E-state index >= 15 is 0 Å². The third-order valence-corrected chi connectivity index (χ3v) is 7.11. The molecular weight excluding hydrogens is 410 g/mol.